The lowest BCUT2D eigenvalue weighted by Crippen LogP contribution is -2.09. The van der Waals surface area contributed by atoms with E-state index in [0.717, 1.165) is 5.56 Å². The lowest BCUT2D eigenvalue weighted by molar-refractivity contribution is -0.131. The van der Waals surface area contributed by atoms with Gasteiger partial charge in [-0.1, -0.05) is 30.3 Å². The van der Waals surface area contributed by atoms with Gasteiger partial charge in [-0.25, -0.2) is 0 Å². The number of Topliss-reactive ketones (excluding diaryl/α,β-unsaturated/α-hetero) is 1. The molecule has 0 aliphatic carbocycles. The van der Waals surface area contributed by atoms with E-state index in [1.165, 1.54) is 6.92 Å². The number of hydrogen-bond acceptors (Lipinski definition) is 4. The number of rotatable bonds is 6. The van der Waals surface area contributed by atoms with E-state index < -0.39 is 0 Å². The SMILES string of the molecule is CC(=O)Oc1ccc(C(=O)COCc2ccccc2)cc1. The number of esters is 1. The van der Waals surface area contributed by atoms with Crippen molar-refractivity contribution < 1.29 is 19.1 Å². The summed E-state index contributed by atoms with van der Waals surface area (Å²) in [5, 5.41) is 0. The normalized spacial score (nSPS) is 10.1. The molecule has 2 rings (SSSR count). The third kappa shape index (κ3) is 4.85. The molecule has 4 nitrogen and oxygen atoms in total. The third-order valence-electron chi connectivity index (χ3n) is 2.78. The standard InChI is InChI=1S/C17H16O4/c1-13(18)21-16-9-7-15(8-10-16)17(19)12-20-11-14-5-3-2-4-6-14/h2-10H,11-12H2,1H3. The molecule has 0 amide bonds. The van der Waals surface area contributed by atoms with Crippen molar-refractivity contribution in [3.05, 3.63) is 65.7 Å². The Morgan fingerprint density at radius 3 is 2.24 bits per heavy atom. The highest BCUT2D eigenvalue weighted by atomic mass is 16.5. The van der Waals surface area contributed by atoms with Crippen LogP contribution < -0.4 is 4.74 Å². The van der Waals surface area contributed by atoms with Crippen molar-refractivity contribution in [3.63, 3.8) is 0 Å². The number of carbonyl (C=O) groups excluding carboxylic acids is 2. The first-order valence-corrected chi connectivity index (χ1v) is 6.58. The maximum Gasteiger partial charge on any atom is 0.308 e. The molecule has 0 radical (unpaired) electrons. The van der Waals surface area contributed by atoms with Crippen LogP contribution in [0.4, 0.5) is 0 Å². The second kappa shape index (κ2) is 7.36. The first-order valence-electron chi connectivity index (χ1n) is 6.58. The Kier molecular flexibility index (Phi) is 5.23. The van der Waals surface area contributed by atoms with Crippen LogP contribution in [0, 0.1) is 0 Å². The number of carbonyl (C=O) groups is 2. The van der Waals surface area contributed by atoms with Crippen LogP contribution in [0.5, 0.6) is 5.75 Å². The molecule has 0 saturated heterocycles. The number of hydrogen-bond donors (Lipinski definition) is 0. The number of ketones is 1. The van der Waals surface area contributed by atoms with E-state index in [0.29, 0.717) is 17.9 Å². The average molecular weight is 284 g/mol. The summed E-state index contributed by atoms with van der Waals surface area (Å²) in [5.41, 5.74) is 1.55. The van der Waals surface area contributed by atoms with Gasteiger partial charge in [0, 0.05) is 12.5 Å². The summed E-state index contributed by atoms with van der Waals surface area (Å²) >= 11 is 0. The second-order valence-electron chi connectivity index (χ2n) is 4.52. The Balaban J connectivity index is 1.84. The lowest BCUT2D eigenvalue weighted by Gasteiger charge is -2.05. The van der Waals surface area contributed by atoms with E-state index in [2.05, 4.69) is 0 Å². The molecule has 2 aromatic rings. The van der Waals surface area contributed by atoms with Crippen LogP contribution in [-0.4, -0.2) is 18.4 Å². The van der Waals surface area contributed by atoms with Crippen LogP contribution in [0.2, 0.25) is 0 Å². The Labute approximate surface area is 123 Å². The van der Waals surface area contributed by atoms with Crippen molar-refractivity contribution in [3.8, 4) is 5.75 Å². The first kappa shape index (κ1) is 14.9. The van der Waals surface area contributed by atoms with Crippen LogP contribution in [0.25, 0.3) is 0 Å². The minimum atomic E-state index is -0.389. The molecule has 0 fully saturated rings. The number of benzene rings is 2. The van der Waals surface area contributed by atoms with E-state index in [9.17, 15) is 9.59 Å². The molecule has 0 saturated carbocycles. The molecular formula is C17H16O4. The van der Waals surface area contributed by atoms with E-state index in [1.54, 1.807) is 24.3 Å². The summed E-state index contributed by atoms with van der Waals surface area (Å²) < 4.78 is 10.3. The lowest BCUT2D eigenvalue weighted by atomic mass is 10.1. The van der Waals surface area contributed by atoms with E-state index >= 15 is 0 Å². The van der Waals surface area contributed by atoms with Crippen molar-refractivity contribution in [2.24, 2.45) is 0 Å². The fraction of sp³-hybridized carbons (Fsp3) is 0.176. The maximum absolute atomic E-state index is 11.9. The maximum atomic E-state index is 11.9. The quantitative estimate of drug-likeness (QED) is 0.465. The molecule has 0 aliphatic heterocycles. The minimum absolute atomic E-state index is 0.0157. The third-order valence-corrected chi connectivity index (χ3v) is 2.78. The number of ether oxygens (including phenoxy) is 2. The smallest absolute Gasteiger partial charge is 0.308 e. The largest absolute Gasteiger partial charge is 0.427 e. The highest BCUT2D eigenvalue weighted by Gasteiger charge is 2.07. The van der Waals surface area contributed by atoms with E-state index in [1.807, 2.05) is 30.3 Å². The van der Waals surface area contributed by atoms with Crippen molar-refractivity contribution in [1.29, 1.82) is 0 Å². The van der Waals surface area contributed by atoms with Crippen molar-refractivity contribution in [1.82, 2.24) is 0 Å². The molecular weight excluding hydrogens is 268 g/mol. The molecule has 0 unspecified atom stereocenters. The topological polar surface area (TPSA) is 52.6 Å². The van der Waals surface area contributed by atoms with Crippen LogP contribution >= 0.6 is 0 Å². The molecule has 0 aliphatic rings. The molecule has 4 heteroatoms. The Hall–Kier alpha value is -2.46. The van der Waals surface area contributed by atoms with Crippen molar-refractivity contribution in [2.45, 2.75) is 13.5 Å². The summed E-state index contributed by atoms with van der Waals surface area (Å²) in [6, 6.07) is 16.1. The Morgan fingerprint density at radius 2 is 1.62 bits per heavy atom. The van der Waals surface area contributed by atoms with Gasteiger partial charge in [0.15, 0.2) is 5.78 Å². The summed E-state index contributed by atoms with van der Waals surface area (Å²) in [4.78, 5) is 22.7. The predicted octanol–water partition coefficient (Wildman–Crippen LogP) is 3.01. The molecule has 0 aromatic heterocycles. The summed E-state index contributed by atoms with van der Waals surface area (Å²) in [6.07, 6.45) is 0. The second-order valence-corrected chi connectivity index (χ2v) is 4.52. The summed E-state index contributed by atoms with van der Waals surface area (Å²) in [6.45, 7) is 1.75. The van der Waals surface area contributed by atoms with Gasteiger partial charge in [0.2, 0.25) is 0 Å². The van der Waals surface area contributed by atoms with Crippen LogP contribution in [0.15, 0.2) is 54.6 Å². The van der Waals surface area contributed by atoms with E-state index in [4.69, 9.17) is 9.47 Å². The van der Waals surface area contributed by atoms with Gasteiger partial charge in [0.25, 0.3) is 0 Å². The van der Waals surface area contributed by atoms with Crippen LogP contribution in [-0.2, 0) is 16.1 Å². The molecule has 0 N–H and O–H groups in total. The Morgan fingerprint density at radius 1 is 0.952 bits per heavy atom. The monoisotopic (exact) mass is 284 g/mol. The van der Waals surface area contributed by atoms with Gasteiger partial charge in [-0.15, -0.1) is 0 Å². The van der Waals surface area contributed by atoms with Gasteiger partial charge in [0.1, 0.15) is 12.4 Å². The molecule has 0 atom stereocenters. The van der Waals surface area contributed by atoms with Gasteiger partial charge >= 0.3 is 5.97 Å². The van der Waals surface area contributed by atoms with Crippen LogP contribution in [0.3, 0.4) is 0 Å². The van der Waals surface area contributed by atoms with Gasteiger partial charge in [-0.2, -0.15) is 0 Å². The summed E-state index contributed by atoms with van der Waals surface area (Å²) in [5.74, 6) is -0.0789. The highest BCUT2D eigenvalue weighted by molar-refractivity contribution is 5.97. The van der Waals surface area contributed by atoms with Gasteiger partial charge in [-0.3, -0.25) is 9.59 Å². The zero-order chi connectivity index (χ0) is 15.1. The van der Waals surface area contributed by atoms with Crippen molar-refractivity contribution >= 4 is 11.8 Å². The molecule has 21 heavy (non-hydrogen) atoms. The first-order chi connectivity index (χ1) is 10.1. The van der Waals surface area contributed by atoms with Gasteiger partial charge in [0.05, 0.1) is 6.61 Å². The zero-order valence-corrected chi connectivity index (χ0v) is 11.7. The highest BCUT2D eigenvalue weighted by Crippen LogP contribution is 2.13. The molecule has 0 bridgehead atoms. The zero-order valence-electron chi connectivity index (χ0n) is 11.7. The molecule has 0 heterocycles. The average Bonchev–Trinajstić information content (AvgIpc) is 2.48. The Bertz CT molecular complexity index is 602. The predicted molar refractivity (Wildman–Crippen MR) is 78.2 cm³/mol. The van der Waals surface area contributed by atoms with Crippen LogP contribution in [0.1, 0.15) is 22.8 Å². The fourth-order valence-electron chi connectivity index (χ4n) is 1.79. The van der Waals surface area contributed by atoms with Gasteiger partial charge in [-0.05, 0) is 29.8 Å². The summed E-state index contributed by atoms with van der Waals surface area (Å²) in [7, 11) is 0. The van der Waals surface area contributed by atoms with Crippen molar-refractivity contribution in [2.75, 3.05) is 6.61 Å². The molecule has 0 spiro atoms. The molecule has 2 aromatic carbocycles. The minimum Gasteiger partial charge on any atom is -0.427 e. The van der Waals surface area contributed by atoms with Gasteiger partial charge < -0.3 is 9.47 Å². The fourth-order valence-corrected chi connectivity index (χ4v) is 1.79. The molecule has 108 valence electrons. The van der Waals surface area contributed by atoms with E-state index in [-0.39, 0.29) is 18.4 Å².